The fourth-order valence-electron chi connectivity index (χ4n) is 3.11. The van der Waals surface area contributed by atoms with Gasteiger partial charge in [-0.25, -0.2) is 0 Å². The lowest BCUT2D eigenvalue weighted by molar-refractivity contribution is -0.118. The van der Waals surface area contributed by atoms with Gasteiger partial charge in [0.15, 0.2) is 5.78 Å². The molecule has 1 amide bonds. The van der Waals surface area contributed by atoms with E-state index in [2.05, 4.69) is 20.5 Å². The number of nitrogens with zero attached hydrogens (tertiary/aromatic N) is 2. The molecule has 1 aliphatic rings. The molecule has 1 unspecified atom stereocenters. The van der Waals surface area contributed by atoms with E-state index in [-0.39, 0.29) is 36.7 Å². The van der Waals surface area contributed by atoms with Crippen molar-refractivity contribution in [2.24, 2.45) is 0 Å². The molecule has 0 saturated carbocycles. The molecule has 2 aromatic rings. The summed E-state index contributed by atoms with van der Waals surface area (Å²) in [5.74, 6) is -0.184. The van der Waals surface area contributed by atoms with Crippen LogP contribution in [0, 0.1) is 0 Å². The predicted octanol–water partition coefficient (Wildman–Crippen LogP) is 2.29. The van der Waals surface area contributed by atoms with E-state index < -0.39 is 0 Å². The van der Waals surface area contributed by atoms with E-state index in [1.807, 2.05) is 24.4 Å². The lowest BCUT2D eigenvalue weighted by atomic mass is 10.1. The van der Waals surface area contributed by atoms with Gasteiger partial charge in [0.1, 0.15) is 0 Å². The number of piperazine rings is 1. The Morgan fingerprint density at radius 3 is 2.81 bits per heavy atom. The van der Waals surface area contributed by atoms with Crippen molar-refractivity contribution < 1.29 is 9.59 Å². The Balaban J connectivity index is 0.00000243. The predicted molar refractivity (Wildman–Crippen MR) is 104 cm³/mol. The quantitative estimate of drug-likeness (QED) is 0.785. The molecule has 6 nitrogen and oxygen atoms in total. The van der Waals surface area contributed by atoms with E-state index in [1.165, 1.54) is 6.92 Å². The van der Waals surface area contributed by atoms with Gasteiger partial charge in [0.05, 0.1) is 12.2 Å². The van der Waals surface area contributed by atoms with Crippen molar-refractivity contribution in [1.29, 1.82) is 0 Å². The third-order valence-electron chi connectivity index (χ3n) is 4.35. The second-order valence-electron chi connectivity index (χ2n) is 6.13. The summed E-state index contributed by atoms with van der Waals surface area (Å²) in [5.41, 5.74) is 2.18. The molecule has 0 spiro atoms. The number of hydrogen-bond acceptors (Lipinski definition) is 5. The summed E-state index contributed by atoms with van der Waals surface area (Å²) >= 11 is 0. The van der Waals surface area contributed by atoms with E-state index in [9.17, 15) is 9.59 Å². The first-order chi connectivity index (χ1) is 12.1. The number of Topliss-reactive ketones (excluding diaryl/α,β-unsaturated/α-hetero) is 1. The van der Waals surface area contributed by atoms with Crippen LogP contribution in [0.3, 0.4) is 0 Å². The summed E-state index contributed by atoms with van der Waals surface area (Å²) in [4.78, 5) is 30.5. The van der Waals surface area contributed by atoms with Crippen molar-refractivity contribution in [3.05, 3.63) is 59.9 Å². The molecular formula is C19H23ClN4O2. The zero-order valence-electron chi connectivity index (χ0n) is 14.6. The van der Waals surface area contributed by atoms with E-state index in [1.54, 1.807) is 24.4 Å². The Bertz CT molecular complexity index is 754. The van der Waals surface area contributed by atoms with Crippen LogP contribution in [0.25, 0.3) is 0 Å². The second kappa shape index (κ2) is 9.43. The molecule has 26 heavy (non-hydrogen) atoms. The smallest absolute Gasteiger partial charge is 0.238 e. The van der Waals surface area contributed by atoms with Gasteiger partial charge >= 0.3 is 0 Å². The number of para-hydroxylation sites is 1. The molecule has 2 heterocycles. The largest absolute Gasteiger partial charge is 0.324 e. The standard InChI is InChI=1S/C19H22N4O2.ClH/c1-14(24)16-6-2-3-7-17(16)22-19(25)13-23-10-9-21-12-18(23)15-5-4-8-20-11-15;/h2-8,11,18,21H,9-10,12-13H2,1H3,(H,22,25);1H. The average Bonchev–Trinajstić information content (AvgIpc) is 2.63. The molecule has 1 saturated heterocycles. The highest BCUT2D eigenvalue weighted by Gasteiger charge is 2.25. The molecule has 1 atom stereocenters. The SMILES string of the molecule is CC(=O)c1ccccc1NC(=O)CN1CCNCC1c1cccnc1.Cl. The van der Waals surface area contributed by atoms with Crippen molar-refractivity contribution in [3.8, 4) is 0 Å². The van der Waals surface area contributed by atoms with Crippen LogP contribution in [0.4, 0.5) is 5.69 Å². The Labute approximate surface area is 159 Å². The molecular weight excluding hydrogens is 352 g/mol. The zero-order chi connectivity index (χ0) is 17.6. The summed E-state index contributed by atoms with van der Waals surface area (Å²) in [6, 6.07) is 11.1. The molecule has 2 N–H and O–H groups in total. The van der Waals surface area contributed by atoms with Crippen molar-refractivity contribution in [1.82, 2.24) is 15.2 Å². The molecule has 1 aliphatic heterocycles. The number of amides is 1. The van der Waals surface area contributed by atoms with E-state index in [0.29, 0.717) is 11.3 Å². The minimum atomic E-state index is -0.121. The molecule has 3 rings (SSSR count). The van der Waals surface area contributed by atoms with Crippen LogP contribution in [-0.2, 0) is 4.79 Å². The van der Waals surface area contributed by atoms with Gasteiger partial charge in [0.2, 0.25) is 5.91 Å². The third kappa shape index (κ3) is 4.88. The van der Waals surface area contributed by atoms with Gasteiger partial charge in [-0.2, -0.15) is 0 Å². The lowest BCUT2D eigenvalue weighted by Gasteiger charge is -2.35. The second-order valence-corrected chi connectivity index (χ2v) is 6.13. The summed E-state index contributed by atoms with van der Waals surface area (Å²) < 4.78 is 0. The number of rotatable bonds is 5. The Morgan fingerprint density at radius 2 is 2.08 bits per heavy atom. The molecule has 1 aromatic carbocycles. The summed E-state index contributed by atoms with van der Waals surface area (Å²) in [5, 5.41) is 6.24. The molecule has 7 heteroatoms. The van der Waals surface area contributed by atoms with Gasteiger partial charge in [0, 0.05) is 43.6 Å². The number of benzene rings is 1. The number of aromatic nitrogens is 1. The van der Waals surface area contributed by atoms with Crippen molar-refractivity contribution >= 4 is 29.8 Å². The molecule has 0 radical (unpaired) electrons. The maximum absolute atomic E-state index is 12.5. The van der Waals surface area contributed by atoms with Gasteiger partial charge in [0.25, 0.3) is 0 Å². The van der Waals surface area contributed by atoms with Gasteiger partial charge < -0.3 is 10.6 Å². The van der Waals surface area contributed by atoms with Crippen LogP contribution in [0.1, 0.15) is 28.9 Å². The number of pyridine rings is 1. The van der Waals surface area contributed by atoms with Crippen LogP contribution >= 0.6 is 12.4 Å². The monoisotopic (exact) mass is 374 g/mol. The lowest BCUT2D eigenvalue weighted by Crippen LogP contribution is -2.48. The number of nitrogens with one attached hydrogen (secondary N) is 2. The Morgan fingerprint density at radius 1 is 1.27 bits per heavy atom. The maximum Gasteiger partial charge on any atom is 0.238 e. The molecule has 0 bridgehead atoms. The Kier molecular flexibility index (Phi) is 7.26. The number of ketones is 1. The average molecular weight is 375 g/mol. The number of anilines is 1. The van der Waals surface area contributed by atoms with Crippen LogP contribution in [0.15, 0.2) is 48.8 Å². The topological polar surface area (TPSA) is 74.3 Å². The number of hydrogen-bond donors (Lipinski definition) is 2. The van der Waals surface area contributed by atoms with E-state index in [0.717, 1.165) is 25.2 Å². The summed E-state index contributed by atoms with van der Waals surface area (Å²) in [6.45, 7) is 4.17. The third-order valence-corrected chi connectivity index (χ3v) is 4.35. The van der Waals surface area contributed by atoms with Crippen LogP contribution in [0.5, 0.6) is 0 Å². The van der Waals surface area contributed by atoms with Crippen LogP contribution < -0.4 is 10.6 Å². The number of halogens is 1. The van der Waals surface area contributed by atoms with Crippen LogP contribution in [-0.4, -0.2) is 47.8 Å². The van der Waals surface area contributed by atoms with E-state index >= 15 is 0 Å². The fourth-order valence-corrected chi connectivity index (χ4v) is 3.11. The first-order valence-electron chi connectivity index (χ1n) is 8.39. The number of carbonyl (C=O) groups excluding carboxylic acids is 2. The Hall–Kier alpha value is -2.28. The van der Waals surface area contributed by atoms with Gasteiger partial charge in [-0.3, -0.25) is 19.5 Å². The van der Waals surface area contributed by atoms with Crippen molar-refractivity contribution in [2.75, 3.05) is 31.5 Å². The maximum atomic E-state index is 12.5. The number of carbonyl (C=O) groups is 2. The summed E-state index contributed by atoms with van der Waals surface area (Å²) in [7, 11) is 0. The highest BCUT2D eigenvalue weighted by molar-refractivity contribution is 6.04. The zero-order valence-corrected chi connectivity index (χ0v) is 15.5. The van der Waals surface area contributed by atoms with Gasteiger partial charge in [-0.1, -0.05) is 18.2 Å². The van der Waals surface area contributed by atoms with Crippen molar-refractivity contribution in [2.45, 2.75) is 13.0 Å². The minimum absolute atomic E-state index is 0. The molecule has 138 valence electrons. The molecule has 1 aromatic heterocycles. The van der Waals surface area contributed by atoms with E-state index in [4.69, 9.17) is 0 Å². The first kappa shape index (κ1) is 20.0. The normalized spacial score (nSPS) is 17.2. The summed E-state index contributed by atoms with van der Waals surface area (Å²) in [6.07, 6.45) is 3.59. The molecule has 0 aliphatic carbocycles. The fraction of sp³-hybridized carbons (Fsp3) is 0.316. The van der Waals surface area contributed by atoms with Gasteiger partial charge in [-0.15, -0.1) is 12.4 Å². The van der Waals surface area contributed by atoms with Crippen LogP contribution in [0.2, 0.25) is 0 Å². The van der Waals surface area contributed by atoms with Crippen molar-refractivity contribution in [3.63, 3.8) is 0 Å². The highest BCUT2D eigenvalue weighted by Crippen LogP contribution is 2.21. The minimum Gasteiger partial charge on any atom is -0.324 e. The highest BCUT2D eigenvalue weighted by atomic mass is 35.5. The molecule has 1 fully saturated rings. The van der Waals surface area contributed by atoms with Gasteiger partial charge in [-0.05, 0) is 30.7 Å². The first-order valence-corrected chi connectivity index (χ1v) is 8.39.